The fraction of sp³-hybridized carbons (Fsp3) is 0.148. The van der Waals surface area contributed by atoms with Crippen LogP contribution in [-0.2, 0) is 9.59 Å². The topological polar surface area (TPSA) is 92.2 Å². The van der Waals surface area contributed by atoms with E-state index in [4.69, 9.17) is 11.6 Å². The molecule has 2 amide bonds. The summed E-state index contributed by atoms with van der Waals surface area (Å²) in [5.74, 6) is -1.14. The van der Waals surface area contributed by atoms with Gasteiger partial charge < -0.3 is 16.0 Å². The summed E-state index contributed by atoms with van der Waals surface area (Å²) in [7, 11) is 0. The molecule has 2 aliphatic heterocycles. The molecule has 1 unspecified atom stereocenters. The summed E-state index contributed by atoms with van der Waals surface area (Å²) >= 11 is 7.14. The number of amides is 2. The average molecular weight is 519 g/mol. The maximum atomic E-state index is 13.5. The Hall–Kier alpha value is -3.75. The number of benzene rings is 2. The maximum absolute atomic E-state index is 13.5. The first kappa shape index (κ1) is 24.0. The molecular weight excluding hydrogens is 496 g/mol. The van der Waals surface area contributed by atoms with E-state index in [-0.39, 0.29) is 23.5 Å². The number of thioether (sulfide) groups is 1. The van der Waals surface area contributed by atoms with Crippen molar-refractivity contribution in [3.8, 4) is 0 Å². The number of dihydropyridines is 1. The lowest BCUT2D eigenvalue weighted by Crippen LogP contribution is -2.31. The minimum Gasteiger partial charge on any atom is -0.353 e. The van der Waals surface area contributed by atoms with E-state index < -0.39 is 5.92 Å². The van der Waals surface area contributed by atoms with Crippen LogP contribution in [-0.4, -0.2) is 28.0 Å². The molecule has 36 heavy (non-hydrogen) atoms. The molecule has 7 nitrogen and oxygen atoms in total. The van der Waals surface area contributed by atoms with Crippen molar-refractivity contribution in [3.63, 3.8) is 0 Å². The van der Waals surface area contributed by atoms with Crippen LogP contribution in [0.3, 0.4) is 0 Å². The van der Waals surface area contributed by atoms with E-state index in [2.05, 4.69) is 16.0 Å². The van der Waals surface area contributed by atoms with Gasteiger partial charge in [-0.05, 0) is 61.9 Å². The van der Waals surface area contributed by atoms with Crippen molar-refractivity contribution >= 4 is 52.5 Å². The Kier molecular flexibility index (Phi) is 6.47. The van der Waals surface area contributed by atoms with Crippen molar-refractivity contribution in [1.82, 2.24) is 9.88 Å². The van der Waals surface area contributed by atoms with Gasteiger partial charge in [-0.3, -0.25) is 19.0 Å². The van der Waals surface area contributed by atoms with Crippen LogP contribution < -0.4 is 16.0 Å². The van der Waals surface area contributed by atoms with E-state index in [1.54, 1.807) is 41.1 Å². The molecule has 2 aliphatic rings. The molecule has 3 N–H and O–H groups in total. The predicted octanol–water partition coefficient (Wildman–Crippen LogP) is 5.29. The molecule has 3 aromatic rings. The molecule has 3 heterocycles. The molecule has 2 aromatic carbocycles. The first-order chi connectivity index (χ1) is 17.3. The van der Waals surface area contributed by atoms with Crippen LogP contribution in [0.1, 0.15) is 28.9 Å². The van der Waals surface area contributed by atoms with E-state index in [9.17, 15) is 14.4 Å². The minimum absolute atomic E-state index is 0.0847. The molecule has 9 heteroatoms. The minimum atomic E-state index is -0.528. The summed E-state index contributed by atoms with van der Waals surface area (Å²) in [6.07, 6.45) is 1.70. The number of carbonyl (C=O) groups excluding carboxylic acids is 3. The van der Waals surface area contributed by atoms with E-state index in [0.717, 1.165) is 11.3 Å². The van der Waals surface area contributed by atoms with E-state index >= 15 is 0 Å². The number of aryl methyl sites for hydroxylation is 1. The molecule has 182 valence electrons. The van der Waals surface area contributed by atoms with Gasteiger partial charge in [0.2, 0.25) is 5.91 Å². The molecule has 0 fully saturated rings. The van der Waals surface area contributed by atoms with Gasteiger partial charge in [0, 0.05) is 39.6 Å². The van der Waals surface area contributed by atoms with Crippen molar-refractivity contribution in [2.45, 2.75) is 19.8 Å². The number of anilines is 2. The zero-order valence-electron chi connectivity index (χ0n) is 19.6. The van der Waals surface area contributed by atoms with E-state index in [1.165, 1.54) is 11.8 Å². The number of halogens is 1. The lowest BCUT2D eigenvalue weighted by atomic mass is 9.86. The molecular formula is C27H23ClN4O3S. The second-order valence-corrected chi connectivity index (χ2v) is 9.98. The van der Waals surface area contributed by atoms with E-state index in [1.807, 2.05) is 44.2 Å². The fourth-order valence-electron chi connectivity index (χ4n) is 4.44. The number of para-hydroxylation sites is 1. The Morgan fingerprint density at radius 2 is 1.78 bits per heavy atom. The Morgan fingerprint density at radius 3 is 2.53 bits per heavy atom. The molecule has 1 aromatic heterocycles. The van der Waals surface area contributed by atoms with Crippen LogP contribution in [0.15, 0.2) is 88.7 Å². The zero-order valence-corrected chi connectivity index (χ0v) is 21.2. The summed E-state index contributed by atoms with van der Waals surface area (Å²) in [5.41, 5.74) is 4.61. The Morgan fingerprint density at radius 1 is 1.03 bits per heavy atom. The third-order valence-electron chi connectivity index (χ3n) is 6.17. The standard InChI is InChI=1S/C27H23ClN4O3S/c1-15-6-3-4-7-19(15)31-25(34)22-16(2)29-26(24-23(22)20-8-5-13-32(20)27(24)35)36-14-21(33)30-18-11-9-17(28)10-12-18/h3-13,23,29H,14H2,1-2H3,(H,30,33)(H,31,34). The van der Waals surface area contributed by atoms with E-state index in [0.29, 0.717) is 38.3 Å². The SMILES string of the molecule is CC1=C(C(=O)Nc2ccccc2C)C2C(=C(SCC(=O)Nc3ccc(Cl)cc3)N1)C(=O)n1cccc12. The molecule has 0 bridgehead atoms. The summed E-state index contributed by atoms with van der Waals surface area (Å²) in [6, 6.07) is 18.0. The third-order valence-corrected chi connectivity index (χ3v) is 7.43. The van der Waals surface area contributed by atoms with Gasteiger partial charge in [-0.15, -0.1) is 0 Å². The normalized spacial score (nSPS) is 16.4. The van der Waals surface area contributed by atoms with Crippen molar-refractivity contribution in [1.29, 1.82) is 0 Å². The molecule has 1 atom stereocenters. The largest absolute Gasteiger partial charge is 0.353 e. The van der Waals surface area contributed by atoms with Crippen LogP contribution in [0, 0.1) is 6.92 Å². The van der Waals surface area contributed by atoms with Crippen molar-refractivity contribution in [3.05, 3.63) is 105 Å². The quantitative estimate of drug-likeness (QED) is 0.412. The van der Waals surface area contributed by atoms with Gasteiger partial charge in [0.15, 0.2) is 0 Å². The van der Waals surface area contributed by atoms with Crippen LogP contribution in [0.25, 0.3) is 0 Å². The summed E-state index contributed by atoms with van der Waals surface area (Å²) in [5, 5.41) is 10.2. The molecule has 0 saturated heterocycles. The summed E-state index contributed by atoms with van der Waals surface area (Å²) in [6.45, 7) is 3.74. The van der Waals surface area contributed by atoms with Crippen molar-refractivity contribution < 1.29 is 14.4 Å². The highest BCUT2D eigenvalue weighted by Gasteiger charge is 2.44. The number of allylic oxidation sites excluding steroid dienone is 2. The number of nitrogens with zero attached hydrogens (tertiary/aromatic N) is 1. The van der Waals surface area contributed by atoms with Crippen molar-refractivity contribution in [2.75, 3.05) is 16.4 Å². The molecule has 5 rings (SSSR count). The highest BCUT2D eigenvalue weighted by Crippen LogP contribution is 2.46. The third kappa shape index (κ3) is 4.45. The second-order valence-electron chi connectivity index (χ2n) is 8.56. The number of rotatable bonds is 6. The first-order valence-corrected chi connectivity index (χ1v) is 12.7. The van der Waals surface area contributed by atoms with Gasteiger partial charge in [-0.25, -0.2) is 0 Å². The van der Waals surface area contributed by atoms with Gasteiger partial charge >= 0.3 is 0 Å². The predicted molar refractivity (Wildman–Crippen MR) is 143 cm³/mol. The molecule has 0 radical (unpaired) electrons. The monoisotopic (exact) mass is 518 g/mol. The van der Waals surface area contributed by atoms with Crippen LogP contribution in [0.2, 0.25) is 5.02 Å². The van der Waals surface area contributed by atoms with Crippen LogP contribution in [0.5, 0.6) is 0 Å². The molecule has 0 saturated carbocycles. The number of nitrogens with one attached hydrogen (secondary N) is 3. The number of fused-ring (bicyclic) bond motifs is 3. The van der Waals surface area contributed by atoms with Gasteiger partial charge in [-0.1, -0.05) is 41.6 Å². The number of hydrogen-bond acceptors (Lipinski definition) is 5. The second kappa shape index (κ2) is 9.72. The average Bonchev–Trinajstić information content (AvgIpc) is 3.43. The Bertz CT molecular complexity index is 1460. The van der Waals surface area contributed by atoms with Gasteiger partial charge in [-0.2, -0.15) is 0 Å². The summed E-state index contributed by atoms with van der Waals surface area (Å²) in [4.78, 5) is 39.4. The number of carbonyl (C=O) groups is 3. The van der Waals surface area contributed by atoms with Gasteiger partial charge in [0.1, 0.15) is 0 Å². The van der Waals surface area contributed by atoms with Crippen LogP contribution >= 0.6 is 23.4 Å². The lowest BCUT2D eigenvalue weighted by Gasteiger charge is -2.27. The smallest absolute Gasteiger partial charge is 0.261 e. The summed E-state index contributed by atoms with van der Waals surface area (Å²) < 4.78 is 1.57. The zero-order chi connectivity index (χ0) is 25.4. The van der Waals surface area contributed by atoms with Crippen molar-refractivity contribution in [2.24, 2.45) is 0 Å². The number of aromatic nitrogens is 1. The maximum Gasteiger partial charge on any atom is 0.261 e. The number of hydrogen-bond donors (Lipinski definition) is 3. The first-order valence-electron chi connectivity index (χ1n) is 11.3. The highest BCUT2D eigenvalue weighted by atomic mass is 35.5. The molecule has 0 spiro atoms. The fourth-order valence-corrected chi connectivity index (χ4v) is 5.50. The Labute approximate surface area is 217 Å². The Balaban J connectivity index is 1.40. The van der Waals surface area contributed by atoms with Gasteiger partial charge in [0.25, 0.3) is 11.8 Å². The van der Waals surface area contributed by atoms with Crippen LogP contribution in [0.4, 0.5) is 11.4 Å². The lowest BCUT2D eigenvalue weighted by molar-refractivity contribution is -0.114. The van der Waals surface area contributed by atoms with Gasteiger partial charge in [0.05, 0.1) is 22.3 Å². The highest BCUT2D eigenvalue weighted by molar-refractivity contribution is 8.03. The molecule has 0 aliphatic carbocycles.